The van der Waals surface area contributed by atoms with Gasteiger partial charge in [0.05, 0.1) is 5.02 Å². The summed E-state index contributed by atoms with van der Waals surface area (Å²) in [5.41, 5.74) is 0.889. The van der Waals surface area contributed by atoms with Crippen LogP contribution in [0.3, 0.4) is 0 Å². The normalized spacial score (nSPS) is 10.4. The van der Waals surface area contributed by atoms with Gasteiger partial charge in [0.25, 0.3) is 0 Å². The van der Waals surface area contributed by atoms with Crippen molar-refractivity contribution in [2.45, 2.75) is 13.3 Å². The maximum atomic E-state index is 11.7. The fourth-order valence-corrected chi connectivity index (χ4v) is 2.02. The Hall–Kier alpha value is -1.38. The molecule has 0 saturated heterocycles. The first-order valence-corrected chi connectivity index (χ1v) is 6.29. The summed E-state index contributed by atoms with van der Waals surface area (Å²) in [6.45, 7) is 1.97. The van der Waals surface area contributed by atoms with Crippen LogP contribution in [0.4, 0.5) is 0 Å². The van der Waals surface area contributed by atoms with E-state index in [1.54, 1.807) is 30.3 Å². The highest BCUT2D eigenvalue weighted by Gasteiger charge is 2.14. The molecule has 0 aliphatic heterocycles. The summed E-state index contributed by atoms with van der Waals surface area (Å²) in [7, 11) is 0. The SMILES string of the molecule is CCc1ccc([O])c(Oc2ccc(Cl)cc2)c1Cl. The molecule has 2 aromatic rings. The van der Waals surface area contributed by atoms with Crippen molar-refractivity contribution >= 4 is 23.2 Å². The predicted octanol–water partition coefficient (Wildman–Crippen LogP) is 5.49. The molecule has 0 atom stereocenters. The zero-order valence-electron chi connectivity index (χ0n) is 9.74. The molecule has 4 heteroatoms. The summed E-state index contributed by atoms with van der Waals surface area (Å²) in [5.74, 6) is 0.470. The topological polar surface area (TPSA) is 29.1 Å². The van der Waals surface area contributed by atoms with E-state index < -0.39 is 0 Å². The molecule has 0 heterocycles. The van der Waals surface area contributed by atoms with E-state index in [0.717, 1.165) is 12.0 Å². The Morgan fingerprint density at radius 1 is 1.06 bits per heavy atom. The van der Waals surface area contributed by atoms with Gasteiger partial charge in [0.2, 0.25) is 5.75 Å². The maximum absolute atomic E-state index is 11.7. The molecule has 0 aromatic heterocycles. The zero-order chi connectivity index (χ0) is 13.1. The van der Waals surface area contributed by atoms with Crippen molar-refractivity contribution in [3.8, 4) is 17.2 Å². The maximum Gasteiger partial charge on any atom is 0.222 e. The molecular weight excluding hydrogens is 271 g/mol. The van der Waals surface area contributed by atoms with E-state index in [-0.39, 0.29) is 11.5 Å². The summed E-state index contributed by atoms with van der Waals surface area (Å²) in [6, 6.07) is 9.96. The number of hydrogen-bond donors (Lipinski definition) is 0. The molecule has 0 N–H and O–H groups in total. The van der Waals surface area contributed by atoms with Crippen LogP contribution in [0.1, 0.15) is 12.5 Å². The Morgan fingerprint density at radius 3 is 2.33 bits per heavy atom. The molecule has 0 aliphatic carbocycles. The van der Waals surface area contributed by atoms with Crippen LogP contribution in [-0.4, -0.2) is 0 Å². The van der Waals surface area contributed by atoms with E-state index in [1.165, 1.54) is 6.07 Å². The molecular formula is C14H11Cl2O2. The molecule has 0 bridgehead atoms. The third kappa shape index (κ3) is 2.71. The van der Waals surface area contributed by atoms with E-state index in [2.05, 4.69) is 0 Å². The molecule has 2 aromatic carbocycles. The average Bonchev–Trinajstić information content (AvgIpc) is 2.37. The molecule has 0 aliphatic rings. The van der Waals surface area contributed by atoms with Gasteiger partial charge >= 0.3 is 0 Å². The van der Waals surface area contributed by atoms with Gasteiger partial charge in [-0.1, -0.05) is 36.2 Å². The first kappa shape index (κ1) is 13.1. The summed E-state index contributed by atoms with van der Waals surface area (Å²) in [6.07, 6.45) is 0.746. The smallest absolute Gasteiger partial charge is 0.222 e. The molecule has 2 rings (SSSR count). The minimum absolute atomic E-state index is 0.165. The summed E-state index contributed by atoms with van der Waals surface area (Å²) in [5, 5.41) is 12.7. The largest absolute Gasteiger partial charge is 0.452 e. The van der Waals surface area contributed by atoms with E-state index in [0.29, 0.717) is 15.8 Å². The van der Waals surface area contributed by atoms with Crippen molar-refractivity contribution < 1.29 is 9.84 Å². The Balaban J connectivity index is 2.36. The van der Waals surface area contributed by atoms with E-state index in [9.17, 15) is 5.11 Å². The van der Waals surface area contributed by atoms with Crippen LogP contribution in [0.25, 0.3) is 0 Å². The highest BCUT2D eigenvalue weighted by Crippen LogP contribution is 2.40. The minimum atomic E-state index is -0.229. The number of ether oxygens (including phenoxy) is 1. The Bertz CT molecular complexity index is 550. The fourth-order valence-electron chi connectivity index (χ4n) is 1.57. The van der Waals surface area contributed by atoms with Gasteiger partial charge in [0.1, 0.15) is 5.75 Å². The van der Waals surface area contributed by atoms with Crippen LogP contribution in [0.2, 0.25) is 10.0 Å². The first-order chi connectivity index (χ1) is 8.61. The second kappa shape index (κ2) is 5.51. The lowest BCUT2D eigenvalue weighted by molar-refractivity contribution is 0.329. The second-order valence-electron chi connectivity index (χ2n) is 3.78. The van der Waals surface area contributed by atoms with Crippen LogP contribution < -0.4 is 4.74 Å². The lowest BCUT2D eigenvalue weighted by atomic mass is 10.1. The number of hydrogen-bond acceptors (Lipinski definition) is 1. The molecule has 0 amide bonds. The summed E-state index contributed by atoms with van der Waals surface area (Å²) >= 11 is 11.9. The van der Waals surface area contributed by atoms with Gasteiger partial charge in [-0.2, -0.15) is 0 Å². The summed E-state index contributed by atoms with van der Waals surface area (Å²) < 4.78 is 5.53. The van der Waals surface area contributed by atoms with Crippen molar-refractivity contribution in [1.82, 2.24) is 0 Å². The third-order valence-electron chi connectivity index (χ3n) is 2.56. The lowest BCUT2D eigenvalue weighted by Gasteiger charge is -2.10. The van der Waals surface area contributed by atoms with Gasteiger partial charge in [-0.15, -0.1) is 0 Å². The van der Waals surface area contributed by atoms with Crippen molar-refractivity contribution in [1.29, 1.82) is 0 Å². The van der Waals surface area contributed by atoms with Crippen LogP contribution >= 0.6 is 23.2 Å². The molecule has 0 fully saturated rings. The van der Waals surface area contributed by atoms with Crippen molar-refractivity contribution in [2.75, 3.05) is 0 Å². The van der Waals surface area contributed by atoms with E-state index in [1.807, 2.05) is 6.92 Å². The van der Waals surface area contributed by atoms with Crippen LogP contribution in [0, 0.1) is 0 Å². The molecule has 18 heavy (non-hydrogen) atoms. The monoisotopic (exact) mass is 281 g/mol. The van der Waals surface area contributed by atoms with Crippen molar-refractivity contribution in [3.05, 3.63) is 52.0 Å². The van der Waals surface area contributed by atoms with Gasteiger partial charge in [-0.3, -0.25) is 5.11 Å². The van der Waals surface area contributed by atoms with Crippen molar-refractivity contribution in [2.24, 2.45) is 0 Å². The summed E-state index contributed by atoms with van der Waals surface area (Å²) in [4.78, 5) is 0. The number of benzene rings is 2. The molecule has 0 unspecified atom stereocenters. The van der Waals surface area contributed by atoms with Gasteiger partial charge < -0.3 is 4.74 Å². The Labute approximate surface area is 116 Å². The zero-order valence-corrected chi connectivity index (χ0v) is 11.3. The van der Waals surface area contributed by atoms with E-state index >= 15 is 0 Å². The standard InChI is InChI=1S/C14H11Cl2O2/c1-2-9-3-8-12(17)14(13(9)16)18-11-6-4-10(15)5-7-11/h3-8H,2H2,1H3. The molecule has 0 spiro atoms. The lowest BCUT2D eigenvalue weighted by Crippen LogP contribution is -1.89. The first-order valence-electron chi connectivity index (χ1n) is 5.53. The molecule has 0 saturated carbocycles. The van der Waals surface area contributed by atoms with Crippen molar-refractivity contribution in [3.63, 3.8) is 0 Å². The molecule has 1 radical (unpaired) electrons. The molecule has 93 valence electrons. The van der Waals surface area contributed by atoms with Crippen LogP contribution in [-0.2, 0) is 11.5 Å². The van der Waals surface area contributed by atoms with E-state index in [4.69, 9.17) is 27.9 Å². The fraction of sp³-hybridized carbons (Fsp3) is 0.143. The van der Waals surface area contributed by atoms with Crippen LogP contribution in [0.5, 0.6) is 17.2 Å². The predicted molar refractivity (Wildman–Crippen MR) is 72.5 cm³/mol. The highest BCUT2D eigenvalue weighted by molar-refractivity contribution is 6.33. The van der Waals surface area contributed by atoms with Crippen LogP contribution in [0.15, 0.2) is 36.4 Å². The number of rotatable bonds is 3. The number of halogens is 2. The quantitative estimate of drug-likeness (QED) is 0.731. The Morgan fingerprint density at radius 2 is 1.72 bits per heavy atom. The number of aryl methyl sites for hydroxylation is 1. The third-order valence-corrected chi connectivity index (χ3v) is 3.22. The minimum Gasteiger partial charge on any atom is -0.452 e. The average molecular weight is 282 g/mol. The van der Waals surface area contributed by atoms with Gasteiger partial charge in [-0.05, 0) is 42.3 Å². The van der Waals surface area contributed by atoms with Gasteiger partial charge in [-0.25, -0.2) is 0 Å². The molecule has 2 nitrogen and oxygen atoms in total. The Kier molecular flexibility index (Phi) is 4.00. The van der Waals surface area contributed by atoms with Gasteiger partial charge in [0.15, 0.2) is 5.75 Å². The van der Waals surface area contributed by atoms with Gasteiger partial charge in [0, 0.05) is 5.02 Å². The second-order valence-corrected chi connectivity index (χ2v) is 4.59. The highest BCUT2D eigenvalue weighted by atomic mass is 35.5.